The molecule has 3 rings (SSSR count). The molecule has 0 aliphatic heterocycles. The molecule has 0 fully saturated rings. The number of nitrogens with one attached hydrogen (secondary N) is 1. The number of aromatic nitrogens is 2. The minimum absolute atomic E-state index is 0.153. The van der Waals surface area contributed by atoms with E-state index in [9.17, 15) is 4.79 Å². The highest BCUT2D eigenvalue weighted by Crippen LogP contribution is 2.21. The second-order valence-electron chi connectivity index (χ2n) is 6.21. The fourth-order valence-electron chi connectivity index (χ4n) is 2.60. The number of carbonyl (C=O) groups excluding carboxylic acids is 1. The number of rotatable bonds is 5. The van der Waals surface area contributed by atoms with E-state index in [0.29, 0.717) is 0 Å². The van der Waals surface area contributed by atoms with Crippen LogP contribution in [0.3, 0.4) is 0 Å². The third-order valence-corrected chi connectivity index (χ3v) is 3.94. The largest absolute Gasteiger partial charge is 0.445 e. The Bertz CT molecular complexity index is 850. The number of amides is 1. The monoisotopic (exact) mass is 335 g/mol. The molecule has 128 valence electrons. The summed E-state index contributed by atoms with van der Waals surface area (Å²) in [6, 6.07) is 17.0. The SMILES string of the molecule is CC(C)[C@H](NC(=O)OCc1ccccc1)c1cnc2ccccc2n1. The molecule has 25 heavy (non-hydrogen) atoms. The van der Waals surface area contributed by atoms with Gasteiger partial charge in [-0.1, -0.05) is 56.3 Å². The first-order chi connectivity index (χ1) is 12.1. The fraction of sp³-hybridized carbons (Fsp3) is 0.250. The maximum Gasteiger partial charge on any atom is 0.408 e. The zero-order valence-corrected chi connectivity index (χ0v) is 14.3. The molecule has 0 saturated carbocycles. The van der Waals surface area contributed by atoms with Crippen LogP contribution in [0.4, 0.5) is 4.79 Å². The van der Waals surface area contributed by atoms with Crippen LogP contribution in [-0.2, 0) is 11.3 Å². The zero-order valence-electron chi connectivity index (χ0n) is 14.3. The van der Waals surface area contributed by atoms with E-state index in [1.807, 2.05) is 68.4 Å². The zero-order chi connectivity index (χ0) is 17.6. The van der Waals surface area contributed by atoms with Crippen LogP contribution in [0, 0.1) is 5.92 Å². The highest BCUT2D eigenvalue weighted by atomic mass is 16.5. The van der Waals surface area contributed by atoms with E-state index in [0.717, 1.165) is 22.3 Å². The molecule has 1 N–H and O–H groups in total. The van der Waals surface area contributed by atoms with Gasteiger partial charge in [0.25, 0.3) is 0 Å². The van der Waals surface area contributed by atoms with Crippen molar-refractivity contribution in [2.75, 3.05) is 0 Å². The van der Waals surface area contributed by atoms with Gasteiger partial charge in [0.15, 0.2) is 0 Å². The van der Waals surface area contributed by atoms with Crippen molar-refractivity contribution in [1.82, 2.24) is 15.3 Å². The Hall–Kier alpha value is -2.95. The molecule has 2 aromatic carbocycles. The maximum atomic E-state index is 12.2. The van der Waals surface area contributed by atoms with Crippen LogP contribution < -0.4 is 5.32 Å². The summed E-state index contributed by atoms with van der Waals surface area (Å²) in [6.45, 7) is 4.29. The molecule has 0 saturated heterocycles. The third kappa shape index (κ3) is 4.32. The second-order valence-corrected chi connectivity index (χ2v) is 6.21. The number of carbonyl (C=O) groups is 1. The molecule has 1 aromatic heterocycles. The fourth-order valence-corrected chi connectivity index (χ4v) is 2.60. The number of hydrogen-bond donors (Lipinski definition) is 1. The van der Waals surface area contributed by atoms with E-state index < -0.39 is 6.09 Å². The van der Waals surface area contributed by atoms with Crippen LogP contribution in [0.1, 0.15) is 31.1 Å². The number of nitrogens with zero attached hydrogens (tertiary/aromatic N) is 2. The van der Waals surface area contributed by atoms with Gasteiger partial charge in [0, 0.05) is 0 Å². The molecule has 0 unspecified atom stereocenters. The smallest absolute Gasteiger partial charge is 0.408 e. The molecule has 5 nitrogen and oxygen atoms in total. The molecule has 0 aliphatic rings. The lowest BCUT2D eigenvalue weighted by Crippen LogP contribution is -2.32. The van der Waals surface area contributed by atoms with Crippen molar-refractivity contribution in [3.63, 3.8) is 0 Å². The Morgan fingerprint density at radius 1 is 1.04 bits per heavy atom. The number of ether oxygens (including phenoxy) is 1. The van der Waals surface area contributed by atoms with Gasteiger partial charge in [-0.15, -0.1) is 0 Å². The molecule has 3 aromatic rings. The van der Waals surface area contributed by atoms with E-state index in [2.05, 4.69) is 15.3 Å². The lowest BCUT2D eigenvalue weighted by molar-refractivity contribution is 0.132. The summed E-state index contributed by atoms with van der Waals surface area (Å²) < 4.78 is 5.32. The minimum atomic E-state index is -0.461. The molecule has 0 bridgehead atoms. The van der Waals surface area contributed by atoms with Crippen molar-refractivity contribution in [2.24, 2.45) is 5.92 Å². The van der Waals surface area contributed by atoms with Crippen molar-refractivity contribution in [1.29, 1.82) is 0 Å². The van der Waals surface area contributed by atoms with Gasteiger partial charge >= 0.3 is 6.09 Å². The Balaban J connectivity index is 1.70. The number of alkyl carbamates (subject to hydrolysis) is 1. The van der Waals surface area contributed by atoms with E-state index in [1.165, 1.54) is 0 Å². The lowest BCUT2D eigenvalue weighted by atomic mass is 10.0. The van der Waals surface area contributed by atoms with Gasteiger partial charge in [-0.05, 0) is 23.6 Å². The van der Waals surface area contributed by atoms with E-state index in [1.54, 1.807) is 6.20 Å². The van der Waals surface area contributed by atoms with Crippen molar-refractivity contribution < 1.29 is 9.53 Å². The average molecular weight is 335 g/mol. The van der Waals surface area contributed by atoms with Crippen molar-refractivity contribution in [2.45, 2.75) is 26.5 Å². The Labute approximate surface area is 147 Å². The minimum Gasteiger partial charge on any atom is -0.445 e. The summed E-state index contributed by atoms with van der Waals surface area (Å²) in [7, 11) is 0. The van der Waals surface area contributed by atoms with Gasteiger partial charge in [-0.2, -0.15) is 0 Å². The topological polar surface area (TPSA) is 64.1 Å². The maximum absolute atomic E-state index is 12.2. The summed E-state index contributed by atoms with van der Waals surface area (Å²) >= 11 is 0. The van der Waals surface area contributed by atoms with Crippen molar-refractivity contribution in [3.05, 3.63) is 72.1 Å². The van der Waals surface area contributed by atoms with Gasteiger partial charge < -0.3 is 10.1 Å². The highest BCUT2D eigenvalue weighted by Gasteiger charge is 2.21. The van der Waals surface area contributed by atoms with Crippen LogP contribution in [0.5, 0.6) is 0 Å². The van der Waals surface area contributed by atoms with E-state index in [-0.39, 0.29) is 18.6 Å². The molecule has 0 aliphatic carbocycles. The summed E-state index contributed by atoms with van der Waals surface area (Å²) in [4.78, 5) is 21.3. The van der Waals surface area contributed by atoms with Gasteiger partial charge in [0.2, 0.25) is 0 Å². The third-order valence-electron chi connectivity index (χ3n) is 3.94. The van der Waals surface area contributed by atoms with Crippen molar-refractivity contribution in [3.8, 4) is 0 Å². The van der Waals surface area contributed by atoms with Gasteiger partial charge in [-0.25, -0.2) is 9.78 Å². The standard InChI is InChI=1S/C20H21N3O2/c1-14(2)19(18-12-21-16-10-6-7-11-17(16)22-18)23-20(24)25-13-15-8-4-3-5-9-15/h3-12,14,19H,13H2,1-2H3,(H,23,24)/t19-/m0/s1. The van der Waals surface area contributed by atoms with Crippen LogP contribution in [0.15, 0.2) is 60.8 Å². The molecular weight excluding hydrogens is 314 g/mol. The first-order valence-corrected chi connectivity index (χ1v) is 8.32. The number of hydrogen-bond acceptors (Lipinski definition) is 4. The summed E-state index contributed by atoms with van der Waals surface area (Å²) in [5.74, 6) is 0.153. The van der Waals surface area contributed by atoms with Gasteiger partial charge in [0.05, 0.1) is 29.0 Å². The number of fused-ring (bicyclic) bond motifs is 1. The van der Waals surface area contributed by atoms with E-state index >= 15 is 0 Å². The van der Waals surface area contributed by atoms with Gasteiger partial charge in [0.1, 0.15) is 6.61 Å². The Morgan fingerprint density at radius 2 is 1.72 bits per heavy atom. The van der Waals surface area contributed by atoms with Gasteiger partial charge in [-0.3, -0.25) is 4.98 Å². The predicted octanol–water partition coefficient (Wildman–Crippen LogP) is 4.25. The summed E-state index contributed by atoms with van der Waals surface area (Å²) in [6.07, 6.45) is 1.25. The first-order valence-electron chi connectivity index (χ1n) is 8.32. The summed E-state index contributed by atoms with van der Waals surface area (Å²) in [5.41, 5.74) is 3.32. The van der Waals surface area contributed by atoms with Crippen LogP contribution in [-0.4, -0.2) is 16.1 Å². The van der Waals surface area contributed by atoms with Crippen LogP contribution in [0.2, 0.25) is 0 Å². The quantitative estimate of drug-likeness (QED) is 0.757. The molecule has 5 heteroatoms. The molecular formula is C20H21N3O2. The Kier molecular flexibility index (Phi) is 5.23. The highest BCUT2D eigenvalue weighted by molar-refractivity contribution is 5.74. The normalized spacial score (nSPS) is 12.1. The first kappa shape index (κ1) is 16.9. The lowest BCUT2D eigenvalue weighted by Gasteiger charge is -2.21. The molecule has 1 heterocycles. The molecule has 0 radical (unpaired) electrons. The van der Waals surface area contributed by atoms with E-state index in [4.69, 9.17) is 4.74 Å². The second kappa shape index (κ2) is 7.75. The summed E-state index contributed by atoms with van der Waals surface area (Å²) in [5, 5.41) is 2.90. The van der Waals surface area contributed by atoms with Crippen LogP contribution >= 0.6 is 0 Å². The average Bonchev–Trinajstić information content (AvgIpc) is 2.64. The van der Waals surface area contributed by atoms with Crippen LogP contribution in [0.25, 0.3) is 11.0 Å². The Morgan fingerprint density at radius 3 is 2.44 bits per heavy atom. The molecule has 1 amide bonds. The molecule has 0 spiro atoms. The predicted molar refractivity (Wildman–Crippen MR) is 96.9 cm³/mol. The van der Waals surface area contributed by atoms with Crippen molar-refractivity contribution >= 4 is 17.1 Å². The number of para-hydroxylation sites is 2. The molecule has 1 atom stereocenters. The number of benzene rings is 2.